The maximum absolute atomic E-state index is 12.4. The van der Waals surface area contributed by atoms with Crippen LogP contribution in [0.4, 0.5) is 0 Å². The molecule has 1 aromatic carbocycles. The van der Waals surface area contributed by atoms with E-state index in [1.165, 1.54) is 5.56 Å². The molecule has 0 saturated carbocycles. The van der Waals surface area contributed by atoms with E-state index >= 15 is 0 Å². The van der Waals surface area contributed by atoms with E-state index < -0.39 is 6.10 Å². The first-order valence-electron chi connectivity index (χ1n) is 7.13. The fourth-order valence-electron chi connectivity index (χ4n) is 2.57. The van der Waals surface area contributed by atoms with Crippen LogP contribution in [-0.4, -0.2) is 40.1 Å². The summed E-state index contributed by atoms with van der Waals surface area (Å²) in [4.78, 5) is 18.3. The molecule has 4 nitrogen and oxygen atoms in total. The quantitative estimate of drug-likeness (QED) is 0.919. The van der Waals surface area contributed by atoms with Crippen LogP contribution in [0.25, 0.3) is 11.1 Å². The average Bonchev–Trinajstić information content (AvgIpc) is 2.94. The lowest BCUT2D eigenvalue weighted by Gasteiger charge is -2.15. The molecule has 108 valence electrons. The average molecular weight is 282 g/mol. The summed E-state index contributed by atoms with van der Waals surface area (Å²) in [7, 11) is 0. The number of likely N-dealkylation sites (tertiary alicyclic amines) is 1. The van der Waals surface area contributed by atoms with Gasteiger partial charge in [-0.05, 0) is 25.0 Å². The molecule has 3 rings (SSSR count). The van der Waals surface area contributed by atoms with Crippen LogP contribution in [0.5, 0.6) is 0 Å². The first-order chi connectivity index (χ1) is 10.1. The van der Waals surface area contributed by atoms with Gasteiger partial charge < -0.3 is 10.0 Å². The molecule has 1 fully saturated rings. The highest BCUT2D eigenvalue weighted by Crippen LogP contribution is 2.21. The number of amides is 1. The van der Waals surface area contributed by atoms with Gasteiger partial charge in [0.25, 0.3) is 5.91 Å². The molecular weight excluding hydrogens is 264 g/mol. The Hall–Kier alpha value is -2.20. The molecule has 1 amide bonds. The molecule has 0 spiro atoms. The SMILES string of the molecule is Cc1ccc(-c2cncc(C(=O)N3CC[C@@H](O)C3)c2)cc1. The van der Waals surface area contributed by atoms with Crippen LogP contribution in [0.2, 0.25) is 0 Å². The zero-order valence-corrected chi connectivity index (χ0v) is 12.0. The minimum Gasteiger partial charge on any atom is -0.391 e. The van der Waals surface area contributed by atoms with E-state index in [9.17, 15) is 9.90 Å². The lowest BCUT2D eigenvalue weighted by Crippen LogP contribution is -2.29. The van der Waals surface area contributed by atoms with Crippen molar-refractivity contribution in [1.29, 1.82) is 0 Å². The Kier molecular flexibility index (Phi) is 3.71. The predicted octanol–water partition coefficient (Wildman–Crippen LogP) is 2.26. The van der Waals surface area contributed by atoms with Crippen LogP contribution in [-0.2, 0) is 0 Å². The molecule has 1 aliphatic rings. The van der Waals surface area contributed by atoms with Gasteiger partial charge in [-0.15, -0.1) is 0 Å². The first kappa shape index (κ1) is 13.8. The Bertz CT molecular complexity index is 652. The molecule has 0 radical (unpaired) electrons. The van der Waals surface area contributed by atoms with Gasteiger partial charge in [0.15, 0.2) is 0 Å². The molecule has 2 aromatic rings. The highest BCUT2D eigenvalue weighted by Gasteiger charge is 2.25. The number of aliphatic hydroxyl groups is 1. The molecule has 21 heavy (non-hydrogen) atoms. The van der Waals surface area contributed by atoms with E-state index in [0.717, 1.165) is 11.1 Å². The largest absolute Gasteiger partial charge is 0.391 e. The van der Waals surface area contributed by atoms with Crippen LogP contribution in [0, 0.1) is 6.92 Å². The van der Waals surface area contributed by atoms with Gasteiger partial charge in [-0.2, -0.15) is 0 Å². The zero-order valence-electron chi connectivity index (χ0n) is 12.0. The number of pyridine rings is 1. The topological polar surface area (TPSA) is 53.4 Å². The van der Waals surface area contributed by atoms with E-state index in [-0.39, 0.29) is 5.91 Å². The number of β-amino-alcohol motifs (C(OH)–C–C–N with tert-alkyl or cyclic N) is 1. The van der Waals surface area contributed by atoms with Gasteiger partial charge in [0.1, 0.15) is 0 Å². The second kappa shape index (κ2) is 5.66. The summed E-state index contributed by atoms with van der Waals surface area (Å²) in [6.07, 6.45) is 3.60. The van der Waals surface area contributed by atoms with E-state index in [0.29, 0.717) is 25.1 Å². The van der Waals surface area contributed by atoms with E-state index in [1.54, 1.807) is 17.3 Å². The maximum atomic E-state index is 12.4. The zero-order chi connectivity index (χ0) is 14.8. The summed E-state index contributed by atoms with van der Waals surface area (Å²) in [5.41, 5.74) is 3.75. The number of hydrogen-bond donors (Lipinski definition) is 1. The van der Waals surface area contributed by atoms with Gasteiger partial charge in [0.2, 0.25) is 0 Å². The van der Waals surface area contributed by atoms with Gasteiger partial charge >= 0.3 is 0 Å². The minimum atomic E-state index is -0.401. The van der Waals surface area contributed by atoms with Crippen molar-refractivity contribution >= 4 is 5.91 Å². The van der Waals surface area contributed by atoms with Crippen molar-refractivity contribution in [2.45, 2.75) is 19.4 Å². The fourth-order valence-corrected chi connectivity index (χ4v) is 2.57. The van der Waals surface area contributed by atoms with Crippen LogP contribution in [0.15, 0.2) is 42.7 Å². The normalized spacial score (nSPS) is 18.0. The van der Waals surface area contributed by atoms with Crippen molar-refractivity contribution in [2.24, 2.45) is 0 Å². The highest BCUT2D eigenvalue weighted by atomic mass is 16.3. The molecule has 0 bridgehead atoms. The van der Waals surface area contributed by atoms with Gasteiger partial charge in [-0.3, -0.25) is 9.78 Å². The number of aromatic nitrogens is 1. The van der Waals surface area contributed by atoms with E-state index in [4.69, 9.17) is 0 Å². The van der Waals surface area contributed by atoms with Gasteiger partial charge in [-0.1, -0.05) is 29.8 Å². The van der Waals surface area contributed by atoms with Gasteiger partial charge in [0.05, 0.1) is 11.7 Å². The molecule has 0 unspecified atom stereocenters. The summed E-state index contributed by atoms with van der Waals surface area (Å²) in [5.74, 6) is -0.0620. The Morgan fingerprint density at radius 3 is 2.67 bits per heavy atom. The van der Waals surface area contributed by atoms with Crippen molar-refractivity contribution in [3.63, 3.8) is 0 Å². The number of rotatable bonds is 2. The Morgan fingerprint density at radius 1 is 1.24 bits per heavy atom. The molecule has 0 aliphatic carbocycles. The third-order valence-corrected chi connectivity index (χ3v) is 3.82. The summed E-state index contributed by atoms with van der Waals surface area (Å²) >= 11 is 0. The molecule has 4 heteroatoms. The standard InChI is InChI=1S/C17H18N2O2/c1-12-2-4-13(5-3-12)14-8-15(10-18-9-14)17(21)19-7-6-16(20)11-19/h2-5,8-10,16,20H,6-7,11H2,1H3/t16-/m1/s1. The van der Waals surface area contributed by atoms with Gasteiger partial charge in [-0.25, -0.2) is 0 Å². The monoisotopic (exact) mass is 282 g/mol. The van der Waals surface area contributed by atoms with E-state index in [2.05, 4.69) is 4.98 Å². The molecule has 1 N–H and O–H groups in total. The van der Waals surface area contributed by atoms with Crippen LogP contribution >= 0.6 is 0 Å². The number of nitrogens with zero attached hydrogens (tertiary/aromatic N) is 2. The van der Waals surface area contributed by atoms with Crippen molar-refractivity contribution in [3.05, 3.63) is 53.9 Å². The lowest BCUT2D eigenvalue weighted by atomic mass is 10.0. The molecular formula is C17H18N2O2. The van der Waals surface area contributed by atoms with Crippen LogP contribution in [0.3, 0.4) is 0 Å². The van der Waals surface area contributed by atoms with Crippen molar-refractivity contribution in [3.8, 4) is 11.1 Å². The fraction of sp³-hybridized carbons (Fsp3) is 0.294. The predicted molar refractivity (Wildman–Crippen MR) is 80.9 cm³/mol. The summed E-state index contributed by atoms with van der Waals surface area (Å²) in [6, 6.07) is 10.0. The number of hydrogen-bond acceptors (Lipinski definition) is 3. The summed E-state index contributed by atoms with van der Waals surface area (Å²) < 4.78 is 0. The Morgan fingerprint density at radius 2 is 2.00 bits per heavy atom. The smallest absolute Gasteiger partial charge is 0.255 e. The molecule has 1 aliphatic heterocycles. The second-order valence-corrected chi connectivity index (χ2v) is 5.52. The third-order valence-electron chi connectivity index (χ3n) is 3.82. The third kappa shape index (κ3) is 2.95. The molecule has 2 heterocycles. The lowest BCUT2D eigenvalue weighted by molar-refractivity contribution is 0.0764. The molecule has 1 atom stereocenters. The van der Waals surface area contributed by atoms with Crippen molar-refractivity contribution < 1.29 is 9.90 Å². The summed E-state index contributed by atoms with van der Waals surface area (Å²) in [5, 5.41) is 9.54. The van der Waals surface area contributed by atoms with Crippen LogP contribution in [0.1, 0.15) is 22.3 Å². The Labute approximate surface area is 124 Å². The number of aryl methyl sites for hydroxylation is 1. The molecule has 1 aromatic heterocycles. The van der Waals surface area contributed by atoms with Gasteiger partial charge in [0, 0.05) is 31.0 Å². The minimum absolute atomic E-state index is 0.0620. The van der Waals surface area contributed by atoms with Crippen molar-refractivity contribution in [1.82, 2.24) is 9.88 Å². The van der Waals surface area contributed by atoms with E-state index in [1.807, 2.05) is 37.3 Å². The number of benzene rings is 1. The number of carbonyl (C=O) groups excluding carboxylic acids is 1. The molecule has 1 saturated heterocycles. The summed E-state index contributed by atoms with van der Waals surface area (Å²) in [6.45, 7) is 3.06. The highest BCUT2D eigenvalue weighted by molar-refractivity contribution is 5.95. The second-order valence-electron chi connectivity index (χ2n) is 5.52. The maximum Gasteiger partial charge on any atom is 0.255 e. The van der Waals surface area contributed by atoms with Crippen molar-refractivity contribution in [2.75, 3.05) is 13.1 Å². The first-order valence-corrected chi connectivity index (χ1v) is 7.13. The number of aliphatic hydroxyl groups excluding tert-OH is 1. The number of carbonyl (C=O) groups is 1. The Balaban J connectivity index is 1.86. The van der Waals surface area contributed by atoms with Crippen LogP contribution < -0.4 is 0 Å².